The summed E-state index contributed by atoms with van der Waals surface area (Å²) >= 11 is 6.01. The van der Waals surface area contributed by atoms with Gasteiger partial charge in [-0.05, 0) is 30.7 Å². The van der Waals surface area contributed by atoms with Gasteiger partial charge in [0.05, 0.1) is 5.69 Å². The maximum Gasteiger partial charge on any atom is 0.145 e. The van der Waals surface area contributed by atoms with E-state index in [2.05, 4.69) is 4.98 Å². The van der Waals surface area contributed by atoms with Gasteiger partial charge in [0, 0.05) is 23.0 Å². The van der Waals surface area contributed by atoms with Crippen LogP contribution in [-0.4, -0.2) is 15.4 Å². The molecule has 0 amide bonds. The number of aryl methyl sites for hydroxylation is 1. The first-order valence-corrected chi connectivity index (χ1v) is 7.00. The molecule has 0 aliphatic rings. The summed E-state index contributed by atoms with van der Waals surface area (Å²) in [5.41, 5.74) is 2.97. The molecule has 2 aromatic carbocycles. The molecule has 3 nitrogen and oxygen atoms in total. The van der Waals surface area contributed by atoms with E-state index < -0.39 is 0 Å². The number of nitrogens with zero attached hydrogens (tertiary/aromatic N) is 3. The van der Waals surface area contributed by atoms with E-state index in [9.17, 15) is 0 Å². The van der Waals surface area contributed by atoms with E-state index in [4.69, 9.17) is 16.6 Å². The Morgan fingerprint density at radius 1 is 1.14 bits per heavy atom. The van der Waals surface area contributed by atoms with Crippen molar-refractivity contribution in [3.05, 3.63) is 83.4 Å². The van der Waals surface area contributed by atoms with E-state index in [-0.39, 0.29) is 0 Å². The van der Waals surface area contributed by atoms with Crippen LogP contribution in [0.15, 0.2) is 72.2 Å². The van der Waals surface area contributed by atoms with E-state index in [1.807, 2.05) is 66.2 Å². The molecule has 104 valence electrons. The minimum absolute atomic E-state index is 0.718. The second-order valence-electron chi connectivity index (χ2n) is 4.70. The first-order valence-electron chi connectivity index (χ1n) is 6.62. The molecule has 1 aromatic heterocycles. The third-order valence-corrected chi connectivity index (χ3v) is 3.40. The SMILES string of the molecule is Cc1cc(Cl)ccc1/N=C(/c1ccccc1)n1ccnc1. The molecule has 0 radical (unpaired) electrons. The molecule has 0 aliphatic carbocycles. The Bertz CT molecular complexity index is 762. The summed E-state index contributed by atoms with van der Waals surface area (Å²) in [5.74, 6) is 0.832. The molecule has 0 atom stereocenters. The first kappa shape index (κ1) is 13.6. The molecule has 21 heavy (non-hydrogen) atoms. The number of halogens is 1. The molecule has 0 unspecified atom stereocenters. The van der Waals surface area contributed by atoms with Gasteiger partial charge in [-0.15, -0.1) is 0 Å². The highest BCUT2D eigenvalue weighted by atomic mass is 35.5. The Hall–Kier alpha value is -2.39. The van der Waals surface area contributed by atoms with Crippen LogP contribution < -0.4 is 0 Å². The molecule has 4 heteroatoms. The van der Waals surface area contributed by atoms with Crippen LogP contribution in [0.2, 0.25) is 5.02 Å². The summed E-state index contributed by atoms with van der Waals surface area (Å²) in [6, 6.07) is 15.7. The van der Waals surface area contributed by atoms with Crippen LogP contribution >= 0.6 is 11.6 Å². The third kappa shape index (κ3) is 3.03. The number of aromatic nitrogens is 2. The van der Waals surface area contributed by atoms with E-state index in [0.717, 1.165) is 27.7 Å². The van der Waals surface area contributed by atoms with Gasteiger partial charge in [0.25, 0.3) is 0 Å². The van der Waals surface area contributed by atoms with Crippen LogP contribution in [-0.2, 0) is 0 Å². The summed E-state index contributed by atoms with van der Waals surface area (Å²) < 4.78 is 1.91. The smallest absolute Gasteiger partial charge is 0.145 e. The molecule has 0 aliphatic heterocycles. The fraction of sp³-hybridized carbons (Fsp3) is 0.0588. The molecule has 3 rings (SSSR count). The Morgan fingerprint density at radius 3 is 2.62 bits per heavy atom. The third-order valence-electron chi connectivity index (χ3n) is 3.17. The van der Waals surface area contributed by atoms with E-state index >= 15 is 0 Å². The zero-order valence-corrected chi connectivity index (χ0v) is 12.3. The quantitative estimate of drug-likeness (QED) is 0.507. The lowest BCUT2D eigenvalue weighted by Crippen LogP contribution is -2.11. The van der Waals surface area contributed by atoms with Gasteiger partial charge in [-0.25, -0.2) is 9.98 Å². The minimum atomic E-state index is 0.718. The van der Waals surface area contributed by atoms with Crippen molar-refractivity contribution in [1.82, 2.24) is 9.55 Å². The number of rotatable bonds is 2. The van der Waals surface area contributed by atoms with Crippen molar-refractivity contribution in [2.24, 2.45) is 4.99 Å². The summed E-state index contributed by atoms with van der Waals surface area (Å²) in [7, 11) is 0. The Kier molecular flexibility index (Phi) is 3.84. The van der Waals surface area contributed by atoms with Crippen LogP contribution in [0.3, 0.4) is 0 Å². The number of imidazole rings is 1. The zero-order valence-electron chi connectivity index (χ0n) is 11.6. The minimum Gasteiger partial charge on any atom is -0.290 e. The number of benzene rings is 2. The standard InChI is InChI=1S/C17H14ClN3/c1-13-11-15(18)7-8-16(13)20-17(21-10-9-19-12-21)14-5-3-2-4-6-14/h2-12H,1H3/b20-17-. The molecule has 0 bridgehead atoms. The van der Waals surface area contributed by atoms with Crippen molar-refractivity contribution < 1.29 is 0 Å². The van der Waals surface area contributed by atoms with Gasteiger partial charge in [0.2, 0.25) is 0 Å². The Labute approximate surface area is 128 Å². The van der Waals surface area contributed by atoms with Crippen LogP contribution in [0.25, 0.3) is 0 Å². The molecular weight excluding hydrogens is 282 g/mol. The van der Waals surface area contributed by atoms with Crippen LogP contribution in [0.1, 0.15) is 11.1 Å². The lowest BCUT2D eigenvalue weighted by Gasteiger charge is -2.09. The van der Waals surface area contributed by atoms with Crippen molar-refractivity contribution in [3.8, 4) is 0 Å². The molecule has 0 N–H and O–H groups in total. The predicted octanol–water partition coefficient (Wildman–Crippen LogP) is 4.47. The molecule has 3 aromatic rings. The molecule has 0 saturated carbocycles. The fourth-order valence-corrected chi connectivity index (χ4v) is 2.33. The summed E-state index contributed by atoms with van der Waals surface area (Å²) in [5, 5.41) is 0.718. The van der Waals surface area contributed by atoms with Gasteiger partial charge in [-0.2, -0.15) is 0 Å². The van der Waals surface area contributed by atoms with Crippen molar-refractivity contribution in [2.75, 3.05) is 0 Å². The summed E-state index contributed by atoms with van der Waals surface area (Å²) in [4.78, 5) is 8.90. The second-order valence-corrected chi connectivity index (χ2v) is 5.14. The maximum atomic E-state index is 6.01. The van der Waals surface area contributed by atoms with Gasteiger partial charge in [-0.3, -0.25) is 4.57 Å². The monoisotopic (exact) mass is 295 g/mol. The van der Waals surface area contributed by atoms with Gasteiger partial charge < -0.3 is 0 Å². The number of hydrogen-bond donors (Lipinski definition) is 0. The lowest BCUT2D eigenvalue weighted by molar-refractivity contribution is 1.12. The first-order chi connectivity index (χ1) is 10.2. The number of aliphatic imine (C=N–C) groups is 1. The highest BCUT2D eigenvalue weighted by Crippen LogP contribution is 2.23. The highest BCUT2D eigenvalue weighted by Gasteiger charge is 2.07. The second kappa shape index (κ2) is 5.94. The molecule has 0 saturated heterocycles. The van der Waals surface area contributed by atoms with Crippen molar-refractivity contribution in [2.45, 2.75) is 6.92 Å². The summed E-state index contributed by atoms with van der Waals surface area (Å²) in [6.45, 7) is 2.00. The predicted molar refractivity (Wildman–Crippen MR) is 86.5 cm³/mol. The van der Waals surface area contributed by atoms with Gasteiger partial charge in [0.1, 0.15) is 12.2 Å². The van der Waals surface area contributed by atoms with Crippen LogP contribution in [0.4, 0.5) is 5.69 Å². The average Bonchev–Trinajstić information content (AvgIpc) is 3.01. The fourth-order valence-electron chi connectivity index (χ4n) is 2.10. The van der Waals surface area contributed by atoms with E-state index in [1.165, 1.54) is 0 Å². The molecule has 0 fully saturated rings. The lowest BCUT2D eigenvalue weighted by atomic mass is 10.2. The molecule has 0 spiro atoms. The van der Waals surface area contributed by atoms with Crippen molar-refractivity contribution in [1.29, 1.82) is 0 Å². The maximum absolute atomic E-state index is 6.01. The Balaban J connectivity index is 2.14. The normalized spacial score (nSPS) is 11.6. The Morgan fingerprint density at radius 2 is 1.95 bits per heavy atom. The van der Waals surface area contributed by atoms with Crippen LogP contribution in [0.5, 0.6) is 0 Å². The van der Waals surface area contributed by atoms with E-state index in [0.29, 0.717) is 0 Å². The van der Waals surface area contributed by atoms with Crippen LogP contribution in [0, 0.1) is 6.92 Å². The molecule has 1 heterocycles. The van der Waals surface area contributed by atoms with Gasteiger partial charge in [-0.1, -0.05) is 41.9 Å². The summed E-state index contributed by atoms with van der Waals surface area (Å²) in [6.07, 6.45) is 5.38. The largest absolute Gasteiger partial charge is 0.290 e. The number of hydrogen-bond acceptors (Lipinski definition) is 2. The molecular formula is C17H14ClN3. The van der Waals surface area contributed by atoms with Crippen molar-refractivity contribution >= 4 is 23.1 Å². The zero-order chi connectivity index (χ0) is 14.7. The highest BCUT2D eigenvalue weighted by molar-refractivity contribution is 6.30. The topological polar surface area (TPSA) is 30.2 Å². The van der Waals surface area contributed by atoms with Gasteiger partial charge >= 0.3 is 0 Å². The average molecular weight is 296 g/mol. The van der Waals surface area contributed by atoms with Gasteiger partial charge in [0.15, 0.2) is 0 Å². The van der Waals surface area contributed by atoms with E-state index in [1.54, 1.807) is 12.5 Å². The van der Waals surface area contributed by atoms with Crippen molar-refractivity contribution in [3.63, 3.8) is 0 Å².